The molecule has 0 amide bonds. The van der Waals surface area contributed by atoms with Crippen LogP contribution in [0.4, 0.5) is 0 Å². The largest absolute Gasteiger partial charge is 0.497 e. The second-order valence-electron chi connectivity index (χ2n) is 3.50. The Kier molecular flexibility index (Phi) is 3.96. The first-order valence-corrected chi connectivity index (χ1v) is 5.62. The lowest BCUT2D eigenvalue weighted by molar-refractivity contribution is 0.406. The molecule has 0 fully saturated rings. The summed E-state index contributed by atoms with van der Waals surface area (Å²) in [7, 11) is 1.58. The number of ether oxygens (including phenoxy) is 2. The lowest BCUT2D eigenvalue weighted by Gasteiger charge is -2.09. The highest BCUT2D eigenvalue weighted by atomic mass is 35.5. The monoisotopic (exact) mass is 265 g/mol. The molecule has 1 heterocycles. The smallest absolute Gasteiger partial charge is 0.241 e. The van der Waals surface area contributed by atoms with E-state index in [0.29, 0.717) is 28.9 Å². The normalized spacial score (nSPS) is 10.2. The minimum absolute atomic E-state index is 0.294. The topological polar surface area (TPSA) is 70.3 Å². The van der Waals surface area contributed by atoms with Gasteiger partial charge >= 0.3 is 0 Å². The molecule has 18 heavy (non-hydrogen) atoms. The molecule has 2 aromatic rings. The standard InChI is InChI=1S/C12H12ClN3O2/c1-17-9-2-8(5-14)3-10(4-9)18-12-11(13)6-15-7-16-12/h2-4,6-7H,5,14H2,1H3. The number of aromatic nitrogens is 2. The summed E-state index contributed by atoms with van der Waals surface area (Å²) in [6.45, 7) is 0.394. The summed E-state index contributed by atoms with van der Waals surface area (Å²) in [5.74, 6) is 1.52. The van der Waals surface area contributed by atoms with Crippen molar-refractivity contribution in [1.82, 2.24) is 9.97 Å². The van der Waals surface area contributed by atoms with Gasteiger partial charge in [-0.25, -0.2) is 9.97 Å². The Morgan fingerprint density at radius 2 is 2.06 bits per heavy atom. The van der Waals surface area contributed by atoms with E-state index in [1.807, 2.05) is 6.07 Å². The Bertz CT molecular complexity index is 526. The zero-order chi connectivity index (χ0) is 13.0. The third-order valence-electron chi connectivity index (χ3n) is 2.26. The Morgan fingerprint density at radius 1 is 1.28 bits per heavy atom. The van der Waals surface area contributed by atoms with Crippen LogP contribution in [-0.4, -0.2) is 17.1 Å². The zero-order valence-corrected chi connectivity index (χ0v) is 10.5. The maximum atomic E-state index is 5.92. The van der Waals surface area contributed by atoms with Crippen LogP contribution >= 0.6 is 11.6 Å². The van der Waals surface area contributed by atoms with Crippen molar-refractivity contribution in [1.29, 1.82) is 0 Å². The average molecular weight is 266 g/mol. The van der Waals surface area contributed by atoms with Crippen LogP contribution in [0.3, 0.4) is 0 Å². The van der Waals surface area contributed by atoms with Gasteiger partial charge < -0.3 is 15.2 Å². The van der Waals surface area contributed by atoms with Gasteiger partial charge in [-0.05, 0) is 17.7 Å². The third kappa shape index (κ3) is 2.88. The summed E-state index contributed by atoms with van der Waals surface area (Å²) in [6, 6.07) is 5.38. The fourth-order valence-electron chi connectivity index (χ4n) is 1.41. The number of methoxy groups -OCH3 is 1. The minimum atomic E-state index is 0.294. The van der Waals surface area contributed by atoms with Gasteiger partial charge in [0.2, 0.25) is 5.88 Å². The Labute approximate surface area is 110 Å². The molecule has 0 aliphatic carbocycles. The van der Waals surface area contributed by atoms with Crippen LogP contribution in [0.2, 0.25) is 5.02 Å². The van der Waals surface area contributed by atoms with Gasteiger partial charge in [-0.1, -0.05) is 11.6 Å². The van der Waals surface area contributed by atoms with Crippen molar-refractivity contribution in [2.24, 2.45) is 5.73 Å². The van der Waals surface area contributed by atoms with E-state index in [2.05, 4.69) is 9.97 Å². The first-order chi connectivity index (χ1) is 8.72. The maximum Gasteiger partial charge on any atom is 0.241 e. The molecular formula is C12H12ClN3O2. The van der Waals surface area contributed by atoms with E-state index in [4.69, 9.17) is 26.8 Å². The van der Waals surface area contributed by atoms with Crippen molar-refractivity contribution in [3.63, 3.8) is 0 Å². The van der Waals surface area contributed by atoms with Gasteiger partial charge in [0.15, 0.2) is 0 Å². The molecular weight excluding hydrogens is 254 g/mol. The summed E-state index contributed by atoms with van der Waals surface area (Å²) in [6.07, 6.45) is 2.83. The van der Waals surface area contributed by atoms with E-state index in [0.717, 1.165) is 5.56 Å². The number of rotatable bonds is 4. The maximum absolute atomic E-state index is 5.92. The number of nitrogens with zero attached hydrogens (tertiary/aromatic N) is 2. The fraction of sp³-hybridized carbons (Fsp3) is 0.167. The van der Waals surface area contributed by atoms with Gasteiger partial charge in [0.05, 0.1) is 13.3 Å². The second kappa shape index (κ2) is 5.66. The van der Waals surface area contributed by atoms with E-state index < -0.39 is 0 Å². The van der Waals surface area contributed by atoms with Crippen LogP contribution in [0, 0.1) is 0 Å². The molecule has 6 heteroatoms. The SMILES string of the molecule is COc1cc(CN)cc(Oc2ncncc2Cl)c1. The van der Waals surface area contributed by atoms with Gasteiger partial charge in [0, 0.05) is 12.6 Å². The Hall–Kier alpha value is -1.85. The minimum Gasteiger partial charge on any atom is -0.497 e. The summed E-state index contributed by atoms with van der Waals surface area (Å²) < 4.78 is 10.7. The molecule has 0 saturated heterocycles. The predicted molar refractivity (Wildman–Crippen MR) is 68.0 cm³/mol. The molecule has 0 spiro atoms. The summed E-state index contributed by atoms with van der Waals surface area (Å²) in [5.41, 5.74) is 6.50. The van der Waals surface area contributed by atoms with E-state index in [9.17, 15) is 0 Å². The summed E-state index contributed by atoms with van der Waals surface area (Å²) in [4.78, 5) is 7.73. The van der Waals surface area contributed by atoms with Crippen molar-refractivity contribution in [3.05, 3.63) is 41.3 Å². The number of halogens is 1. The van der Waals surface area contributed by atoms with E-state index >= 15 is 0 Å². The highest BCUT2D eigenvalue weighted by Gasteiger charge is 2.07. The van der Waals surface area contributed by atoms with E-state index in [1.165, 1.54) is 12.5 Å². The number of nitrogens with two attached hydrogens (primary N) is 1. The van der Waals surface area contributed by atoms with Crippen molar-refractivity contribution in [2.75, 3.05) is 7.11 Å². The number of hydrogen-bond acceptors (Lipinski definition) is 5. The van der Waals surface area contributed by atoms with Crippen LogP contribution < -0.4 is 15.2 Å². The molecule has 0 aliphatic heterocycles. The number of hydrogen-bond donors (Lipinski definition) is 1. The van der Waals surface area contributed by atoms with Gasteiger partial charge in [-0.2, -0.15) is 0 Å². The molecule has 0 unspecified atom stereocenters. The fourth-order valence-corrected chi connectivity index (χ4v) is 1.56. The van der Waals surface area contributed by atoms with Gasteiger partial charge in [0.25, 0.3) is 0 Å². The first-order valence-electron chi connectivity index (χ1n) is 5.24. The van der Waals surface area contributed by atoms with Crippen molar-refractivity contribution in [2.45, 2.75) is 6.54 Å². The van der Waals surface area contributed by atoms with Crippen molar-refractivity contribution in [3.8, 4) is 17.4 Å². The summed E-state index contributed by atoms with van der Waals surface area (Å²) >= 11 is 5.92. The molecule has 0 bridgehead atoms. The van der Waals surface area contributed by atoms with Crippen LogP contribution in [0.1, 0.15) is 5.56 Å². The van der Waals surface area contributed by atoms with E-state index in [1.54, 1.807) is 19.2 Å². The molecule has 94 valence electrons. The van der Waals surface area contributed by atoms with Crippen LogP contribution in [0.15, 0.2) is 30.7 Å². The Morgan fingerprint density at radius 3 is 2.72 bits per heavy atom. The van der Waals surface area contributed by atoms with E-state index in [-0.39, 0.29) is 0 Å². The van der Waals surface area contributed by atoms with Crippen LogP contribution in [0.25, 0.3) is 0 Å². The molecule has 0 aliphatic rings. The van der Waals surface area contributed by atoms with Gasteiger partial charge in [0.1, 0.15) is 22.8 Å². The molecule has 2 N–H and O–H groups in total. The second-order valence-corrected chi connectivity index (χ2v) is 3.91. The Balaban J connectivity index is 2.31. The first kappa shape index (κ1) is 12.6. The van der Waals surface area contributed by atoms with Crippen LogP contribution in [-0.2, 0) is 6.54 Å². The predicted octanol–water partition coefficient (Wildman–Crippen LogP) is 2.39. The zero-order valence-electron chi connectivity index (χ0n) is 9.76. The van der Waals surface area contributed by atoms with Gasteiger partial charge in [-0.15, -0.1) is 0 Å². The summed E-state index contributed by atoms with van der Waals surface area (Å²) in [5, 5.41) is 0.342. The lowest BCUT2D eigenvalue weighted by Crippen LogP contribution is -1.98. The lowest BCUT2D eigenvalue weighted by atomic mass is 10.2. The molecule has 0 atom stereocenters. The molecule has 0 saturated carbocycles. The van der Waals surface area contributed by atoms with Gasteiger partial charge in [-0.3, -0.25) is 0 Å². The number of benzene rings is 1. The highest BCUT2D eigenvalue weighted by Crippen LogP contribution is 2.29. The highest BCUT2D eigenvalue weighted by molar-refractivity contribution is 6.31. The molecule has 5 nitrogen and oxygen atoms in total. The molecule has 0 radical (unpaired) electrons. The van der Waals surface area contributed by atoms with Crippen molar-refractivity contribution >= 4 is 11.6 Å². The molecule has 1 aromatic heterocycles. The molecule has 1 aromatic carbocycles. The third-order valence-corrected chi connectivity index (χ3v) is 2.52. The van der Waals surface area contributed by atoms with Crippen molar-refractivity contribution < 1.29 is 9.47 Å². The average Bonchev–Trinajstić information content (AvgIpc) is 2.41. The molecule has 2 rings (SSSR count). The quantitative estimate of drug-likeness (QED) is 0.919. The van der Waals surface area contributed by atoms with Crippen LogP contribution in [0.5, 0.6) is 17.4 Å².